The van der Waals surface area contributed by atoms with Gasteiger partial charge in [0.25, 0.3) is 0 Å². The molecule has 0 spiro atoms. The molecule has 2 nitrogen and oxygen atoms in total. The highest BCUT2D eigenvalue weighted by atomic mass is 32.2. The van der Waals surface area contributed by atoms with E-state index in [2.05, 4.69) is 0 Å². The van der Waals surface area contributed by atoms with Crippen LogP contribution in [0.1, 0.15) is 39.5 Å². The topological polar surface area (TPSA) is 43.1 Å². The molecule has 3 atom stereocenters. The van der Waals surface area contributed by atoms with Crippen LogP contribution in [0.5, 0.6) is 0 Å². The van der Waals surface area contributed by atoms with Crippen molar-refractivity contribution in [1.29, 1.82) is 0 Å². The van der Waals surface area contributed by atoms with Gasteiger partial charge in [0.1, 0.15) is 0 Å². The third kappa shape index (κ3) is 2.30. The molecular weight excluding hydrogens is 170 g/mol. The Kier molecular flexibility index (Phi) is 3.72. The van der Waals surface area contributed by atoms with Gasteiger partial charge in [0.05, 0.1) is 0 Å². The summed E-state index contributed by atoms with van der Waals surface area (Å²) in [6.07, 6.45) is 4.79. The lowest BCUT2D eigenvalue weighted by molar-refractivity contribution is 0.635. The second-order valence-electron chi connectivity index (χ2n) is 3.80. The Balaban J connectivity index is 2.45. The fourth-order valence-corrected chi connectivity index (χ4v) is 3.46. The van der Waals surface area contributed by atoms with Gasteiger partial charge >= 0.3 is 0 Å². The summed E-state index contributed by atoms with van der Waals surface area (Å²) < 4.78 is 11.8. The maximum Gasteiger partial charge on any atom is 0.0470 e. The van der Waals surface area contributed by atoms with Crippen LogP contribution in [0.25, 0.3) is 0 Å². The molecule has 2 N–H and O–H groups in total. The molecule has 0 aromatic rings. The quantitative estimate of drug-likeness (QED) is 0.729. The lowest BCUT2D eigenvalue weighted by Crippen LogP contribution is -2.36. The Morgan fingerprint density at radius 1 is 1.33 bits per heavy atom. The number of hydrogen-bond donors (Lipinski definition) is 1. The summed E-state index contributed by atoms with van der Waals surface area (Å²) in [7, 11) is -0.695. The van der Waals surface area contributed by atoms with Crippen LogP contribution in [0.4, 0.5) is 0 Å². The van der Waals surface area contributed by atoms with Crippen LogP contribution < -0.4 is 5.73 Å². The molecule has 1 aliphatic carbocycles. The van der Waals surface area contributed by atoms with Crippen LogP contribution >= 0.6 is 0 Å². The summed E-state index contributed by atoms with van der Waals surface area (Å²) in [5.41, 5.74) is 5.71. The zero-order valence-corrected chi connectivity index (χ0v) is 8.77. The highest BCUT2D eigenvalue weighted by Gasteiger charge is 2.26. The molecule has 1 fully saturated rings. The highest BCUT2D eigenvalue weighted by molar-refractivity contribution is 7.86. The van der Waals surface area contributed by atoms with Gasteiger partial charge in [-0.2, -0.15) is 0 Å². The molecule has 0 saturated heterocycles. The minimum absolute atomic E-state index is 0.0615. The third-order valence-electron chi connectivity index (χ3n) is 2.74. The Morgan fingerprint density at radius 3 is 2.25 bits per heavy atom. The normalized spacial score (nSPS) is 26.9. The minimum Gasteiger partial charge on any atom is -0.327 e. The van der Waals surface area contributed by atoms with Gasteiger partial charge in [0.15, 0.2) is 0 Å². The average Bonchev–Trinajstić information content (AvgIpc) is 2.53. The molecule has 0 aromatic heterocycles. The van der Waals surface area contributed by atoms with Gasteiger partial charge < -0.3 is 5.73 Å². The molecule has 1 saturated carbocycles. The predicted octanol–water partition coefficient (Wildman–Crippen LogP) is 1.41. The van der Waals surface area contributed by atoms with Gasteiger partial charge in [-0.1, -0.05) is 12.8 Å². The molecule has 12 heavy (non-hydrogen) atoms. The summed E-state index contributed by atoms with van der Waals surface area (Å²) in [6, 6.07) is 0.0615. The molecule has 1 rings (SSSR count). The van der Waals surface area contributed by atoms with Crippen molar-refractivity contribution in [2.45, 2.75) is 56.1 Å². The number of nitrogens with two attached hydrogens (primary N) is 1. The first kappa shape index (κ1) is 10.2. The van der Waals surface area contributed by atoms with Gasteiger partial charge in [-0.15, -0.1) is 0 Å². The summed E-state index contributed by atoms with van der Waals surface area (Å²) in [5, 5.41) is 0.596. The zero-order valence-electron chi connectivity index (χ0n) is 7.95. The molecule has 0 bridgehead atoms. The van der Waals surface area contributed by atoms with E-state index >= 15 is 0 Å². The third-order valence-corrected chi connectivity index (χ3v) is 5.03. The first-order valence-corrected chi connectivity index (χ1v) is 6.05. The van der Waals surface area contributed by atoms with Gasteiger partial charge in [0.2, 0.25) is 0 Å². The van der Waals surface area contributed by atoms with E-state index in [1.807, 2.05) is 13.8 Å². The number of hydrogen-bond acceptors (Lipinski definition) is 2. The molecule has 0 heterocycles. The van der Waals surface area contributed by atoms with Crippen molar-refractivity contribution in [2.75, 3.05) is 0 Å². The van der Waals surface area contributed by atoms with Crippen molar-refractivity contribution in [3.05, 3.63) is 0 Å². The van der Waals surface area contributed by atoms with E-state index in [1.54, 1.807) is 0 Å². The van der Waals surface area contributed by atoms with Crippen molar-refractivity contribution >= 4 is 10.8 Å². The van der Waals surface area contributed by atoms with Crippen molar-refractivity contribution < 1.29 is 4.21 Å². The molecule has 0 amide bonds. The summed E-state index contributed by atoms with van der Waals surface area (Å²) >= 11 is 0. The maximum atomic E-state index is 11.8. The standard InChI is InChI=1S/C9H19NOS/c1-7(10)8(2)12(11)9-5-3-4-6-9/h7-9H,3-6,10H2,1-2H3. The van der Waals surface area contributed by atoms with E-state index in [1.165, 1.54) is 12.8 Å². The van der Waals surface area contributed by atoms with Crippen LogP contribution in [0.2, 0.25) is 0 Å². The molecule has 72 valence electrons. The van der Waals surface area contributed by atoms with Crippen LogP contribution in [0.15, 0.2) is 0 Å². The summed E-state index contributed by atoms with van der Waals surface area (Å²) in [5.74, 6) is 0. The second kappa shape index (κ2) is 4.38. The van der Waals surface area contributed by atoms with Crippen LogP contribution in [0, 0.1) is 0 Å². The summed E-state index contributed by atoms with van der Waals surface area (Å²) in [6.45, 7) is 3.94. The van der Waals surface area contributed by atoms with E-state index in [9.17, 15) is 4.21 Å². The van der Waals surface area contributed by atoms with E-state index < -0.39 is 10.8 Å². The van der Waals surface area contributed by atoms with Crippen molar-refractivity contribution in [3.8, 4) is 0 Å². The van der Waals surface area contributed by atoms with Crippen molar-refractivity contribution in [1.82, 2.24) is 0 Å². The van der Waals surface area contributed by atoms with Gasteiger partial charge in [0, 0.05) is 27.3 Å². The molecule has 0 aromatic carbocycles. The molecule has 1 aliphatic rings. The molecular formula is C9H19NOS. The Labute approximate surface area is 77.4 Å². The fourth-order valence-electron chi connectivity index (χ4n) is 1.64. The largest absolute Gasteiger partial charge is 0.327 e. The van der Waals surface area contributed by atoms with Crippen LogP contribution in [-0.2, 0) is 10.8 Å². The van der Waals surface area contributed by atoms with Crippen LogP contribution in [0.3, 0.4) is 0 Å². The lowest BCUT2D eigenvalue weighted by atomic mass is 10.3. The van der Waals surface area contributed by atoms with Gasteiger partial charge in [-0.25, -0.2) is 0 Å². The van der Waals surface area contributed by atoms with E-state index in [0.29, 0.717) is 5.25 Å². The smallest absolute Gasteiger partial charge is 0.0470 e. The average molecular weight is 189 g/mol. The highest BCUT2D eigenvalue weighted by Crippen LogP contribution is 2.25. The Hall–Kier alpha value is 0.110. The first-order valence-electron chi connectivity index (χ1n) is 4.78. The van der Waals surface area contributed by atoms with Crippen LogP contribution in [-0.4, -0.2) is 20.8 Å². The molecule has 3 unspecified atom stereocenters. The first-order chi connectivity index (χ1) is 5.63. The maximum absolute atomic E-state index is 11.8. The minimum atomic E-state index is -0.695. The van der Waals surface area contributed by atoms with Crippen molar-refractivity contribution in [3.63, 3.8) is 0 Å². The van der Waals surface area contributed by atoms with Gasteiger partial charge in [-0.05, 0) is 26.7 Å². The molecule has 0 aliphatic heterocycles. The van der Waals surface area contributed by atoms with E-state index in [4.69, 9.17) is 5.73 Å². The zero-order chi connectivity index (χ0) is 9.14. The van der Waals surface area contributed by atoms with E-state index in [-0.39, 0.29) is 11.3 Å². The lowest BCUT2D eigenvalue weighted by Gasteiger charge is -2.19. The Morgan fingerprint density at radius 2 is 1.83 bits per heavy atom. The van der Waals surface area contributed by atoms with Gasteiger partial charge in [-0.3, -0.25) is 4.21 Å². The molecule has 3 heteroatoms. The summed E-state index contributed by atoms with van der Waals surface area (Å²) in [4.78, 5) is 0. The number of rotatable bonds is 3. The van der Waals surface area contributed by atoms with Crippen molar-refractivity contribution in [2.24, 2.45) is 5.73 Å². The monoisotopic (exact) mass is 189 g/mol. The fraction of sp³-hybridized carbons (Fsp3) is 1.00. The van der Waals surface area contributed by atoms with E-state index in [0.717, 1.165) is 12.8 Å². The SMILES string of the molecule is CC(N)C(C)S(=O)C1CCCC1. The predicted molar refractivity (Wildman–Crippen MR) is 53.5 cm³/mol. The Bertz CT molecular complexity index is 160. The molecule has 0 radical (unpaired) electrons. The second-order valence-corrected chi connectivity index (χ2v) is 5.87.